The summed E-state index contributed by atoms with van der Waals surface area (Å²) < 4.78 is 20.3. The van der Waals surface area contributed by atoms with E-state index < -0.39 is 23.2 Å². The number of halogens is 1. The van der Waals surface area contributed by atoms with Crippen LogP contribution in [0, 0.1) is 18.7 Å². The zero-order valence-electron chi connectivity index (χ0n) is 20.1. The number of carbonyl (C=O) groups excluding carboxylic acids is 3. The van der Waals surface area contributed by atoms with Crippen LogP contribution in [0.2, 0.25) is 0 Å². The minimum atomic E-state index is -1.34. The molecule has 1 aliphatic carbocycles. The van der Waals surface area contributed by atoms with E-state index in [1.165, 1.54) is 33.8 Å². The molecule has 2 amide bonds. The van der Waals surface area contributed by atoms with Gasteiger partial charge in [-0.3, -0.25) is 19.2 Å². The first-order chi connectivity index (χ1) is 16.1. The van der Waals surface area contributed by atoms with Crippen molar-refractivity contribution in [2.24, 2.45) is 5.92 Å². The van der Waals surface area contributed by atoms with Gasteiger partial charge in [-0.05, 0) is 76.1 Å². The maximum Gasteiger partial charge on any atom is 0.358 e. The van der Waals surface area contributed by atoms with Crippen molar-refractivity contribution in [3.63, 3.8) is 0 Å². The number of amides is 2. The van der Waals surface area contributed by atoms with Crippen LogP contribution in [-0.2, 0) is 16.1 Å². The van der Waals surface area contributed by atoms with Crippen LogP contribution < -0.4 is 10.2 Å². The molecule has 1 saturated carbocycles. The summed E-state index contributed by atoms with van der Waals surface area (Å²) in [6.07, 6.45) is 3.83. The number of ether oxygens (including phenoxy) is 1. The van der Waals surface area contributed by atoms with Crippen molar-refractivity contribution in [3.8, 4) is 0 Å². The highest BCUT2D eigenvalue weighted by Gasteiger charge is 2.50. The quantitative estimate of drug-likeness (QED) is 0.674. The molecule has 2 aliphatic rings. The lowest BCUT2D eigenvalue weighted by Gasteiger charge is -2.44. The first-order valence-electron chi connectivity index (χ1n) is 11.8. The summed E-state index contributed by atoms with van der Waals surface area (Å²) in [5, 5.41) is 7.42. The van der Waals surface area contributed by atoms with Gasteiger partial charge in [0.25, 0.3) is 5.91 Å². The molecule has 0 radical (unpaired) electrons. The number of carbonyl (C=O) groups is 3. The van der Waals surface area contributed by atoms with Crippen molar-refractivity contribution in [1.82, 2.24) is 15.1 Å². The number of anilines is 1. The van der Waals surface area contributed by atoms with Crippen molar-refractivity contribution in [2.75, 3.05) is 11.5 Å². The Kier molecular flexibility index (Phi) is 6.47. The lowest BCUT2D eigenvalue weighted by Crippen LogP contribution is -2.65. The monoisotopic (exact) mass is 470 g/mol. The largest absolute Gasteiger partial charge is 0.461 e. The number of hydrogen-bond donors (Lipinski definition) is 1. The van der Waals surface area contributed by atoms with Gasteiger partial charge in [0, 0.05) is 17.8 Å². The summed E-state index contributed by atoms with van der Waals surface area (Å²) in [6.45, 7) is 7.49. The van der Waals surface area contributed by atoms with Crippen molar-refractivity contribution < 1.29 is 23.5 Å². The first-order valence-corrected chi connectivity index (χ1v) is 11.8. The summed E-state index contributed by atoms with van der Waals surface area (Å²) in [4.78, 5) is 41.1. The van der Waals surface area contributed by atoms with Gasteiger partial charge < -0.3 is 10.1 Å². The van der Waals surface area contributed by atoms with E-state index in [-0.39, 0.29) is 36.5 Å². The van der Waals surface area contributed by atoms with Crippen LogP contribution >= 0.6 is 0 Å². The Labute approximate surface area is 198 Å². The zero-order valence-corrected chi connectivity index (χ0v) is 20.1. The second-order valence-electron chi connectivity index (χ2n) is 9.57. The first kappa shape index (κ1) is 23.9. The molecule has 9 heteroatoms. The molecule has 1 aliphatic heterocycles. The van der Waals surface area contributed by atoms with Gasteiger partial charge in [0.05, 0.1) is 13.2 Å². The fourth-order valence-corrected chi connectivity index (χ4v) is 4.88. The fraction of sp³-hybridized carbons (Fsp3) is 0.520. The molecule has 1 aromatic carbocycles. The zero-order chi connectivity index (χ0) is 24.6. The predicted molar refractivity (Wildman–Crippen MR) is 124 cm³/mol. The average Bonchev–Trinajstić information content (AvgIpc) is 3.21. The van der Waals surface area contributed by atoms with Gasteiger partial charge in [0.1, 0.15) is 17.1 Å². The van der Waals surface area contributed by atoms with E-state index in [9.17, 15) is 18.8 Å². The molecule has 8 nitrogen and oxygen atoms in total. The molecule has 0 bridgehead atoms. The number of aryl methyl sites for hydroxylation is 1. The molecule has 0 spiro atoms. The lowest BCUT2D eigenvalue weighted by atomic mass is 9.86. The van der Waals surface area contributed by atoms with E-state index in [1.807, 2.05) is 0 Å². The molecule has 2 heterocycles. The summed E-state index contributed by atoms with van der Waals surface area (Å²) in [5.41, 5.74) is -0.201. The Hall–Kier alpha value is -3.23. The number of nitrogens with one attached hydrogen (secondary N) is 1. The SMILES string of the molecule is CCOC(=O)c1cc2n(n1)C[C@](C)(C(=O)NC1CCC(C)CC1)N(c1ccc(F)cc1C)C2=O. The van der Waals surface area contributed by atoms with E-state index in [2.05, 4.69) is 17.3 Å². The van der Waals surface area contributed by atoms with Gasteiger partial charge in [-0.15, -0.1) is 0 Å². The van der Waals surface area contributed by atoms with Crippen molar-refractivity contribution in [1.29, 1.82) is 0 Å². The van der Waals surface area contributed by atoms with Crippen LogP contribution in [0.5, 0.6) is 0 Å². The van der Waals surface area contributed by atoms with E-state index in [0.717, 1.165) is 25.7 Å². The van der Waals surface area contributed by atoms with Gasteiger partial charge in [0.15, 0.2) is 5.69 Å². The van der Waals surface area contributed by atoms with E-state index in [0.29, 0.717) is 17.2 Å². The third-order valence-electron chi connectivity index (χ3n) is 6.88. The van der Waals surface area contributed by atoms with Gasteiger partial charge in [-0.25, -0.2) is 9.18 Å². The minimum absolute atomic E-state index is 0.00639. The highest BCUT2D eigenvalue weighted by molar-refractivity contribution is 6.12. The number of aromatic nitrogens is 2. The van der Waals surface area contributed by atoms with Gasteiger partial charge >= 0.3 is 5.97 Å². The molecule has 2 aromatic rings. The second-order valence-corrected chi connectivity index (χ2v) is 9.57. The van der Waals surface area contributed by atoms with Crippen molar-refractivity contribution in [2.45, 2.75) is 71.5 Å². The second kappa shape index (κ2) is 9.19. The number of hydrogen-bond acceptors (Lipinski definition) is 5. The van der Waals surface area contributed by atoms with Crippen LogP contribution in [-0.4, -0.2) is 45.8 Å². The Morgan fingerprint density at radius 1 is 1.24 bits per heavy atom. The maximum absolute atomic E-state index is 13.9. The van der Waals surface area contributed by atoms with E-state index >= 15 is 0 Å². The Bertz CT molecular complexity index is 1120. The minimum Gasteiger partial charge on any atom is -0.461 e. The highest BCUT2D eigenvalue weighted by atomic mass is 19.1. The molecule has 1 fully saturated rings. The lowest BCUT2D eigenvalue weighted by molar-refractivity contribution is -0.127. The highest BCUT2D eigenvalue weighted by Crippen LogP contribution is 2.35. The molecule has 1 atom stereocenters. The molecule has 182 valence electrons. The van der Waals surface area contributed by atoms with Crippen LogP contribution in [0.15, 0.2) is 24.3 Å². The summed E-state index contributed by atoms with van der Waals surface area (Å²) in [6, 6.07) is 5.52. The fourth-order valence-electron chi connectivity index (χ4n) is 4.88. The smallest absolute Gasteiger partial charge is 0.358 e. The summed E-state index contributed by atoms with van der Waals surface area (Å²) >= 11 is 0. The number of rotatable bonds is 5. The molecule has 4 rings (SSSR count). The number of nitrogens with zero attached hydrogens (tertiary/aromatic N) is 3. The average molecular weight is 471 g/mol. The third kappa shape index (κ3) is 4.31. The van der Waals surface area contributed by atoms with Crippen LogP contribution in [0.25, 0.3) is 0 Å². The standard InChI is InChI=1S/C25H31FN4O4/c1-5-34-23(32)19-13-21-22(31)30(20-11-8-17(26)12-16(20)3)25(4,14-29(21)28-19)24(33)27-18-9-6-15(2)7-10-18/h8,11-13,15,18H,5-7,9-10,14H2,1-4H3,(H,27,33)/t15?,18?,25-/m1/s1. The summed E-state index contributed by atoms with van der Waals surface area (Å²) in [7, 11) is 0. The third-order valence-corrected chi connectivity index (χ3v) is 6.88. The number of fused-ring (bicyclic) bond motifs is 1. The van der Waals surface area contributed by atoms with E-state index in [1.54, 1.807) is 20.8 Å². The van der Waals surface area contributed by atoms with Crippen LogP contribution in [0.4, 0.5) is 10.1 Å². The molecular formula is C25H31FN4O4. The Morgan fingerprint density at radius 2 is 1.94 bits per heavy atom. The number of esters is 1. The molecule has 1 N–H and O–H groups in total. The van der Waals surface area contributed by atoms with Crippen molar-refractivity contribution >= 4 is 23.5 Å². The molecule has 1 aromatic heterocycles. The van der Waals surface area contributed by atoms with Gasteiger partial charge in [-0.1, -0.05) is 6.92 Å². The van der Waals surface area contributed by atoms with Crippen LogP contribution in [0.1, 0.15) is 73.0 Å². The molecule has 0 unspecified atom stereocenters. The Morgan fingerprint density at radius 3 is 2.59 bits per heavy atom. The molecule has 0 saturated heterocycles. The van der Waals surface area contributed by atoms with Gasteiger partial charge in [-0.2, -0.15) is 5.10 Å². The normalized spacial score (nSPS) is 24.5. The molecular weight excluding hydrogens is 439 g/mol. The van der Waals surface area contributed by atoms with Crippen LogP contribution in [0.3, 0.4) is 0 Å². The summed E-state index contributed by atoms with van der Waals surface area (Å²) in [5.74, 6) is -1.22. The number of benzene rings is 1. The van der Waals surface area contributed by atoms with Gasteiger partial charge in [0.2, 0.25) is 5.91 Å². The van der Waals surface area contributed by atoms with E-state index in [4.69, 9.17) is 4.74 Å². The molecule has 34 heavy (non-hydrogen) atoms. The topological polar surface area (TPSA) is 93.5 Å². The predicted octanol–water partition coefficient (Wildman–Crippen LogP) is 3.62. The maximum atomic E-state index is 13.9. The van der Waals surface area contributed by atoms with Crippen molar-refractivity contribution in [3.05, 3.63) is 47.0 Å². The Balaban J connectivity index is 1.74.